The Labute approximate surface area is 378 Å². The summed E-state index contributed by atoms with van der Waals surface area (Å²) in [5, 5.41) is 42.5. The second kappa shape index (κ2) is 28.7. The summed E-state index contributed by atoms with van der Waals surface area (Å²) in [7, 11) is 0. The fourth-order valence-electron chi connectivity index (χ4n) is 7.46. The Morgan fingerprint density at radius 1 is 0.875 bits per heavy atom. The first-order valence-corrected chi connectivity index (χ1v) is 23.5. The van der Waals surface area contributed by atoms with Gasteiger partial charge in [0.15, 0.2) is 6.04 Å². The number of benzene rings is 1. The lowest BCUT2D eigenvalue weighted by Gasteiger charge is -2.29. The van der Waals surface area contributed by atoms with Gasteiger partial charge >= 0.3 is 6.09 Å². The van der Waals surface area contributed by atoms with Gasteiger partial charge in [0, 0.05) is 26.1 Å². The summed E-state index contributed by atoms with van der Waals surface area (Å²) in [4.78, 5) is 82.5. The molecule has 6 amide bonds. The number of rotatable bonds is 29. The van der Waals surface area contributed by atoms with Crippen molar-refractivity contribution in [1.82, 2.24) is 31.4 Å². The number of hydrogen-bond donors (Lipinski definition) is 7. The maximum atomic E-state index is 13.6. The molecular formula is C46H75N7O11. The molecule has 64 heavy (non-hydrogen) atoms. The van der Waals surface area contributed by atoms with E-state index in [0.717, 1.165) is 19.3 Å². The number of phenolic OH excluding ortho intramolecular Hbond substituents is 1. The number of nitrogens with zero attached hydrogens (tertiary/aromatic N) is 3. The van der Waals surface area contributed by atoms with E-state index in [2.05, 4.69) is 33.2 Å². The van der Waals surface area contributed by atoms with E-state index < -0.39 is 65.4 Å². The van der Waals surface area contributed by atoms with E-state index in [-0.39, 0.29) is 70.0 Å². The van der Waals surface area contributed by atoms with Crippen molar-refractivity contribution in [2.75, 3.05) is 26.2 Å². The molecule has 18 nitrogen and oxygen atoms in total. The topological polar surface area (TPSA) is 249 Å². The number of unbranched alkanes of at least 4 members (excludes halogenated alkanes) is 12. The first kappa shape index (κ1) is 53.4. The first-order chi connectivity index (χ1) is 30.6. The van der Waals surface area contributed by atoms with Gasteiger partial charge in [-0.1, -0.05) is 96.1 Å². The molecule has 0 bridgehead atoms. The Morgan fingerprint density at radius 3 is 2.12 bits per heavy atom. The van der Waals surface area contributed by atoms with Crippen LogP contribution in [0.2, 0.25) is 0 Å². The number of phenols is 1. The van der Waals surface area contributed by atoms with Crippen molar-refractivity contribution >= 4 is 41.5 Å². The Bertz CT molecular complexity index is 1670. The van der Waals surface area contributed by atoms with Crippen LogP contribution in [0.5, 0.6) is 5.75 Å². The molecule has 1 fully saturated rings. The fraction of sp³-hybridized carbons (Fsp3) is 0.717. The van der Waals surface area contributed by atoms with Crippen molar-refractivity contribution in [2.24, 2.45) is 4.99 Å². The third-order valence-electron chi connectivity index (χ3n) is 11.1. The van der Waals surface area contributed by atoms with Crippen molar-refractivity contribution in [2.45, 2.75) is 186 Å². The number of hydroxylamine groups is 4. The molecule has 1 saturated heterocycles. The Kier molecular flexibility index (Phi) is 24.0. The van der Waals surface area contributed by atoms with Crippen molar-refractivity contribution in [1.29, 1.82) is 0 Å². The van der Waals surface area contributed by atoms with E-state index >= 15 is 0 Å². The SMILES string of the molecule is CCCCCCCCCCCCCCCC(=O)N(O)CCCC(NC(=O)[C@@H]1COC(c2ccccc2O)=N1)C(=O)NCCC[C@H](NC(=O)OC(C)(C)C)C(=O)N[C@H]1CCCN(O)C1=O. The van der Waals surface area contributed by atoms with E-state index in [9.17, 15) is 44.3 Å². The molecule has 18 heteroatoms. The van der Waals surface area contributed by atoms with Gasteiger partial charge in [0.25, 0.3) is 5.91 Å². The van der Waals surface area contributed by atoms with Gasteiger partial charge in [-0.25, -0.2) is 19.9 Å². The van der Waals surface area contributed by atoms with Crippen LogP contribution in [-0.2, 0) is 33.4 Å². The Hall–Kier alpha value is -4.97. The average molecular weight is 902 g/mol. The van der Waals surface area contributed by atoms with Crippen LogP contribution in [-0.4, -0.2) is 123 Å². The first-order valence-electron chi connectivity index (χ1n) is 23.5. The van der Waals surface area contributed by atoms with Gasteiger partial charge in [-0.3, -0.25) is 34.4 Å². The van der Waals surface area contributed by atoms with Crippen LogP contribution in [0.4, 0.5) is 4.79 Å². The third-order valence-corrected chi connectivity index (χ3v) is 11.1. The molecule has 0 spiro atoms. The Morgan fingerprint density at radius 2 is 1.48 bits per heavy atom. The van der Waals surface area contributed by atoms with Gasteiger partial charge in [-0.05, 0) is 77.8 Å². The number of ether oxygens (including phenoxy) is 2. The predicted octanol–water partition coefficient (Wildman–Crippen LogP) is 5.79. The lowest BCUT2D eigenvalue weighted by molar-refractivity contribution is -0.173. The van der Waals surface area contributed by atoms with Crippen LogP contribution in [0, 0.1) is 0 Å². The quantitative estimate of drug-likeness (QED) is 0.0288. The van der Waals surface area contributed by atoms with Crippen molar-refractivity contribution in [3.63, 3.8) is 0 Å². The number of carbonyl (C=O) groups is 6. The van der Waals surface area contributed by atoms with E-state index in [1.54, 1.807) is 39.0 Å². The summed E-state index contributed by atoms with van der Waals surface area (Å²) >= 11 is 0. The van der Waals surface area contributed by atoms with E-state index in [1.807, 2.05) is 0 Å². The predicted molar refractivity (Wildman–Crippen MR) is 239 cm³/mol. The summed E-state index contributed by atoms with van der Waals surface area (Å²) in [6, 6.07) is 2.12. The highest BCUT2D eigenvalue weighted by atomic mass is 16.6. The highest BCUT2D eigenvalue weighted by molar-refractivity contribution is 6.01. The summed E-state index contributed by atoms with van der Waals surface area (Å²) in [6.07, 6.45) is 15.8. The summed E-state index contributed by atoms with van der Waals surface area (Å²) in [5.74, 6) is -2.92. The zero-order chi connectivity index (χ0) is 46.9. The molecular weight excluding hydrogens is 827 g/mol. The molecule has 1 aromatic rings. The van der Waals surface area contributed by atoms with Crippen LogP contribution >= 0.6 is 0 Å². The molecule has 7 N–H and O–H groups in total. The molecule has 3 rings (SSSR count). The van der Waals surface area contributed by atoms with Gasteiger partial charge < -0.3 is 35.8 Å². The number of aliphatic imine (C=N–C) groups is 1. The minimum absolute atomic E-state index is 0.0175. The fourth-order valence-corrected chi connectivity index (χ4v) is 7.46. The average Bonchev–Trinajstić information content (AvgIpc) is 3.74. The van der Waals surface area contributed by atoms with E-state index in [4.69, 9.17) is 9.47 Å². The second-order valence-electron chi connectivity index (χ2n) is 17.8. The molecule has 0 saturated carbocycles. The minimum Gasteiger partial charge on any atom is -0.507 e. The smallest absolute Gasteiger partial charge is 0.408 e. The van der Waals surface area contributed by atoms with Crippen molar-refractivity contribution in [3.05, 3.63) is 29.8 Å². The normalized spacial score (nSPS) is 17.1. The monoisotopic (exact) mass is 902 g/mol. The number of alkyl carbamates (subject to hydrolysis) is 1. The number of carbonyl (C=O) groups excluding carboxylic acids is 6. The lowest BCUT2D eigenvalue weighted by atomic mass is 10.0. The van der Waals surface area contributed by atoms with Crippen LogP contribution in [0.1, 0.15) is 162 Å². The number of amides is 6. The number of nitrogens with one attached hydrogen (secondary N) is 4. The van der Waals surface area contributed by atoms with Gasteiger partial charge in [0.2, 0.25) is 29.5 Å². The van der Waals surface area contributed by atoms with Crippen molar-refractivity contribution in [3.8, 4) is 5.75 Å². The van der Waals surface area contributed by atoms with Crippen LogP contribution in [0.3, 0.4) is 0 Å². The van der Waals surface area contributed by atoms with Gasteiger partial charge in [-0.2, -0.15) is 0 Å². The van der Waals surface area contributed by atoms with E-state index in [1.165, 1.54) is 63.9 Å². The maximum Gasteiger partial charge on any atom is 0.408 e. The minimum atomic E-state index is -1.16. The van der Waals surface area contributed by atoms with Crippen LogP contribution < -0.4 is 21.3 Å². The molecule has 2 aliphatic heterocycles. The molecule has 1 aromatic carbocycles. The Balaban J connectivity index is 1.54. The summed E-state index contributed by atoms with van der Waals surface area (Å²) < 4.78 is 10.9. The molecule has 4 atom stereocenters. The molecule has 1 unspecified atom stereocenters. The van der Waals surface area contributed by atoms with Gasteiger partial charge in [0.05, 0.1) is 5.56 Å². The number of hydrogen-bond acceptors (Lipinski definition) is 12. The highest BCUT2D eigenvalue weighted by Gasteiger charge is 2.34. The largest absolute Gasteiger partial charge is 0.507 e. The van der Waals surface area contributed by atoms with Crippen molar-refractivity contribution < 1.29 is 53.8 Å². The van der Waals surface area contributed by atoms with Gasteiger partial charge in [-0.15, -0.1) is 0 Å². The lowest BCUT2D eigenvalue weighted by Crippen LogP contribution is -2.56. The molecule has 0 radical (unpaired) electrons. The van der Waals surface area contributed by atoms with E-state index in [0.29, 0.717) is 35.0 Å². The summed E-state index contributed by atoms with van der Waals surface area (Å²) in [5.41, 5.74) is -0.546. The maximum absolute atomic E-state index is 13.6. The van der Waals surface area contributed by atoms with Crippen LogP contribution in [0.15, 0.2) is 29.3 Å². The molecule has 2 heterocycles. The number of para-hydroxylation sites is 1. The third kappa shape index (κ3) is 20.2. The highest BCUT2D eigenvalue weighted by Crippen LogP contribution is 2.21. The standard InChI is InChI=1S/C46H75N7O11/c1-5-6-7-8-9-10-11-12-13-14-15-16-17-28-39(55)52(61)30-21-25-34(48-42(58)37-32-63-43(50-37)33-23-18-19-27-38(33)54)40(56)47-29-20-24-35(51-45(60)64-46(2,3)4)41(57)49-36-26-22-31-53(62)44(36)59/h18-19,23,27,34-37,54,61-62H,5-17,20-22,24-26,28-32H2,1-4H3,(H,47,56)(H,48,58)(H,49,57)(H,51,60)/t34?,35-,36-,37-/m0/s1. The second-order valence-corrected chi connectivity index (χ2v) is 17.8. The zero-order valence-electron chi connectivity index (χ0n) is 38.5. The molecule has 360 valence electrons. The molecule has 0 aliphatic carbocycles. The van der Waals surface area contributed by atoms with Gasteiger partial charge in [0.1, 0.15) is 36.1 Å². The van der Waals surface area contributed by atoms with Crippen LogP contribution in [0.25, 0.3) is 0 Å². The summed E-state index contributed by atoms with van der Waals surface area (Å²) in [6.45, 7) is 7.19. The number of aromatic hydroxyl groups is 1. The molecule has 0 aromatic heterocycles. The zero-order valence-corrected chi connectivity index (χ0v) is 38.5. The molecule has 2 aliphatic rings. The number of piperidine rings is 1.